The summed E-state index contributed by atoms with van der Waals surface area (Å²) in [6.07, 6.45) is 4.08. The molecule has 0 saturated carbocycles. The smallest absolute Gasteiger partial charge is 0.0404 e. The fraction of sp³-hybridized carbons (Fsp3) is 0.538. The molecule has 1 aliphatic carbocycles. The molecule has 14 heavy (non-hydrogen) atoms. The second-order valence-electron chi connectivity index (χ2n) is 4.45. The molecule has 1 aliphatic heterocycles. The lowest BCUT2D eigenvalue weighted by Crippen LogP contribution is -2.30. The highest BCUT2D eigenvalue weighted by Gasteiger charge is 2.30. The second-order valence-corrected chi connectivity index (χ2v) is 4.45. The van der Waals surface area contributed by atoms with E-state index in [1.807, 2.05) is 0 Å². The number of rotatable bonds is 1. The second kappa shape index (κ2) is 3.01. The van der Waals surface area contributed by atoms with Gasteiger partial charge in [-0.3, -0.25) is 0 Å². The van der Waals surface area contributed by atoms with Crippen LogP contribution in [0.2, 0.25) is 0 Å². The van der Waals surface area contributed by atoms with E-state index in [0.717, 1.165) is 12.5 Å². The average molecular weight is 187 g/mol. The number of hydrogen-bond donors (Lipinski definition) is 0. The summed E-state index contributed by atoms with van der Waals surface area (Å²) < 4.78 is 0. The van der Waals surface area contributed by atoms with Crippen LogP contribution in [0, 0.1) is 0 Å². The van der Waals surface area contributed by atoms with E-state index >= 15 is 0 Å². The predicted molar refractivity (Wildman–Crippen MR) is 60.0 cm³/mol. The molecule has 1 heteroatoms. The van der Waals surface area contributed by atoms with Crippen LogP contribution in [0.4, 0.5) is 5.69 Å². The summed E-state index contributed by atoms with van der Waals surface area (Å²) in [5.41, 5.74) is 4.82. The monoisotopic (exact) mass is 187 g/mol. The lowest BCUT2D eigenvalue weighted by atomic mass is 9.92. The molecule has 0 N–H and O–H groups in total. The van der Waals surface area contributed by atoms with Gasteiger partial charge in [0.25, 0.3) is 0 Å². The van der Waals surface area contributed by atoms with Gasteiger partial charge in [0.1, 0.15) is 0 Å². The van der Waals surface area contributed by atoms with Gasteiger partial charge in [0.15, 0.2) is 0 Å². The van der Waals surface area contributed by atoms with Gasteiger partial charge in [-0.2, -0.15) is 0 Å². The van der Waals surface area contributed by atoms with Gasteiger partial charge in [0.2, 0.25) is 0 Å². The minimum atomic E-state index is 0.879. The number of benzene rings is 1. The van der Waals surface area contributed by atoms with E-state index < -0.39 is 0 Å². The maximum absolute atomic E-state index is 2.53. The van der Waals surface area contributed by atoms with Crippen molar-refractivity contribution < 1.29 is 0 Å². The molecule has 1 heterocycles. The minimum Gasteiger partial charge on any atom is -0.372 e. The van der Waals surface area contributed by atoms with Crippen molar-refractivity contribution in [3.05, 3.63) is 29.3 Å². The maximum atomic E-state index is 2.53. The van der Waals surface area contributed by atoms with Crippen molar-refractivity contribution in [1.82, 2.24) is 0 Å². The van der Waals surface area contributed by atoms with Crippen LogP contribution in [0.25, 0.3) is 0 Å². The Morgan fingerprint density at radius 2 is 2.29 bits per heavy atom. The van der Waals surface area contributed by atoms with Crippen LogP contribution in [-0.2, 0) is 6.42 Å². The third kappa shape index (κ3) is 1.01. The van der Waals surface area contributed by atoms with Crippen molar-refractivity contribution in [3.8, 4) is 0 Å². The number of nitrogens with zero attached hydrogens (tertiary/aromatic N) is 1. The molecule has 0 aromatic heterocycles. The van der Waals surface area contributed by atoms with Gasteiger partial charge >= 0.3 is 0 Å². The molecule has 1 aromatic carbocycles. The molecule has 1 nitrogen and oxygen atoms in total. The normalized spacial score (nSPS) is 23.8. The van der Waals surface area contributed by atoms with Gasteiger partial charge in [0, 0.05) is 18.8 Å². The van der Waals surface area contributed by atoms with Crippen molar-refractivity contribution in [2.45, 2.75) is 32.1 Å². The van der Waals surface area contributed by atoms with Gasteiger partial charge in [0.05, 0.1) is 0 Å². The zero-order chi connectivity index (χ0) is 9.54. The lowest BCUT2D eigenvalue weighted by molar-refractivity contribution is 0.580. The zero-order valence-corrected chi connectivity index (χ0v) is 8.79. The van der Waals surface area contributed by atoms with Gasteiger partial charge < -0.3 is 4.90 Å². The minimum absolute atomic E-state index is 0.879. The van der Waals surface area contributed by atoms with Crippen LogP contribution in [-0.4, -0.2) is 13.1 Å². The van der Waals surface area contributed by atoms with Crippen molar-refractivity contribution in [1.29, 1.82) is 0 Å². The van der Waals surface area contributed by atoms with Crippen LogP contribution >= 0.6 is 0 Å². The molecule has 0 unspecified atom stereocenters. The molecule has 74 valence electrons. The van der Waals surface area contributed by atoms with Gasteiger partial charge in [-0.25, -0.2) is 0 Å². The van der Waals surface area contributed by atoms with Gasteiger partial charge in [-0.15, -0.1) is 0 Å². The summed E-state index contributed by atoms with van der Waals surface area (Å²) in [6.45, 7) is 4.68. The fourth-order valence-corrected chi connectivity index (χ4v) is 3.09. The molecule has 0 spiro atoms. The molecule has 0 saturated heterocycles. The van der Waals surface area contributed by atoms with E-state index in [0.29, 0.717) is 0 Å². The molecule has 2 aliphatic rings. The predicted octanol–water partition coefficient (Wildman–Crippen LogP) is 2.95. The third-order valence-electron chi connectivity index (χ3n) is 3.81. The summed E-state index contributed by atoms with van der Waals surface area (Å²) in [5, 5.41) is 0. The Morgan fingerprint density at radius 3 is 3.14 bits per heavy atom. The maximum Gasteiger partial charge on any atom is 0.0404 e. The highest BCUT2D eigenvalue weighted by Crippen LogP contribution is 2.44. The highest BCUT2D eigenvalue weighted by molar-refractivity contribution is 5.61. The van der Waals surface area contributed by atoms with E-state index in [-0.39, 0.29) is 0 Å². The van der Waals surface area contributed by atoms with E-state index in [1.165, 1.54) is 31.5 Å². The van der Waals surface area contributed by atoms with Gasteiger partial charge in [-0.1, -0.05) is 12.1 Å². The number of anilines is 1. The zero-order valence-electron chi connectivity index (χ0n) is 8.79. The SMILES string of the molecule is CCN1CC[C@H]2CCc3cccc1c32. The first-order valence-electron chi connectivity index (χ1n) is 5.77. The average Bonchev–Trinajstić information content (AvgIpc) is 2.65. The quantitative estimate of drug-likeness (QED) is 0.653. The Kier molecular flexibility index (Phi) is 1.79. The van der Waals surface area contributed by atoms with E-state index in [2.05, 4.69) is 30.0 Å². The molecule has 3 rings (SSSR count). The van der Waals surface area contributed by atoms with Crippen LogP contribution in [0.5, 0.6) is 0 Å². The summed E-state index contributed by atoms with van der Waals surface area (Å²) in [6, 6.07) is 6.85. The summed E-state index contributed by atoms with van der Waals surface area (Å²) in [4.78, 5) is 2.53. The first kappa shape index (κ1) is 8.34. The van der Waals surface area contributed by atoms with Crippen molar-refractivity contribution in [3.63, 3.8) is 0 Å². The molecule has 0 bridgehead atoms. The summed E-state index contributed by atoms with van der Waals surface area (Å²) >= 11 is 0. The molecular weight excluding hydrogens is 170 g/mol. The van der Waals surface area contributed by atoms with Crippen molar-refractivity contribution in [2.24, 2.45) is 0 Å². The number of aryl methyl sites for hydroxylation is 1. The van der Waals surface area contributed by atoms with Crippen LogP contribution in [0.3, 0.4) is 0 Å². The lowest BCUT2D eigenvalue weighted by Gasteiger charge is -2.33. The Labute approximate surface area is 85.7 Å². The Bertz CT molecular complexity index is 356. The summed E-state index contributed by atoms with van der Waals surface area (Å²) in [7, 11) is 0. The fourth-order valence-electron chi connectivity index (χ4n) is 3.09. The Morgan fingerprint density at radius 1 is 1.36 bits per heavy atom. The largest absolute Gasteiger partial charge is 0.372 e. The van der Waals surface area contributed by atoms with E-state index in [9.17, 15) is 0 Å². The van der Waals surface area contributed by atoms with E-state index in [4.69, 9.17) is 0 Å². The Hall–Kier alpha value is -0.980. The molecule has 0 fully saturated rings. The molecule has 0 amide bonds. The molecular formula is C13H17N. The molecule has 0 radical (unpaired) electrons. The van der Waals surface area contributed by atoms with Crippen molar-refractivity contribution >= 4 is 5.69 Å². The van der Waals surface area contributed by atoms with Gasteiger partial charge in [-0.05, 0) is 49.3 Å². The van der Waals surface area contributed by atoms with Crippen LogP contribution in [0.15, 0.2) is 18.2 Å². The first-order chi connectivity index (χ1) is 6.90. The Balaban J connectivity index is 2.15. The molecule has 1 atom stereocenters. The van der Waals surface area contributed by atoms with Crippen molar-refractivity contribution in [2.75, 3.05) is 18.0 Å². The van der Waals surface area contributed by atoms with E-state index in [1.54, 1.807) is 11.1 Å². The molecule has 1 aromatic rings. The first-order valence-corrected chi connectivity index (χ1v) is 5.77. The third-order valence-corrected chi connectivity index (χ3v) is 3.81. The van der Waals surface area contributed by atoms with Crippen LogP contribution < -0.4 is 4.90 Å². The highest BCUT2D eigenvalue weighted by atomic mass is 15.1. The van der Waals surface area contributed by atoms with Crippen LogP contribution in [0.1, 0.15) is 36.8 Å². The topological polar surface area (TPSA) is 3.24 Å². The number of hydrogen-bond acceptors (Lipinski definition) is 1. The summed E-state index contributed by atoms with van der Waals surface area (Å²) in [5.74, 6) is 0.879. The standard InChI is InChI=1S/C13H17N/c1-2-14-9-8-11-7-6-10-4-3-5-12(14)13(10)11/h3-5,11H,2,6-9H2,1H3/t11-/m1/s1.